The van der Waals surface area contributed by atoms with E-state index in [-0.39, 0.29) is 29.7 Å². The predicted molar refractivity (Wildman–Crippen MR) is 137 cm³/mol. The zero-order valence-electron chi connectivity index (χ0n) is 19.9. The van der Waals surface area contributed by atoms with Crippen LogP contribution in [0.5, 0.6) is 0 Å². The molecule has 2 fully saturated rings. The highest BCUT2D eigenvalue weighted by Gasteiger charge is 2.40. The summed E-state index contributed by atoms with van der Waals surface area (Å²) in [5.74, 6) is 0.0357. The van der Waals surface area contributed by atoms with Crippen LogP contribution >= 0.6 is 0 Å². The number of anilines is 1. The van der Waals surface area contributed by atoms with Gasteiger partial charge in [-0.1, -0.05) is 66.7 Å². The summed E-state index contributed by atoms with van der Waals surface area (Å²) in [7, 11) is 0. The molecule has 2 aliphatic heterocycles. The maximum Gasteiger partial charge on any atom is 0.228 e. The van der Waals surface area contributed by atoms with Crippen molar-refractivity contribution in [3.8, 4) is 11.1 Å². The molecule has 2 N–H and O–H groups in total. The Hall–Kier alpha value is -3.48. The first kappa shape index (κ1) is 23.3. The van der Waals surface area contributed by atoms with Crippen LogP contribution in [0.2, 0.25) is 0 Å². The van der Waals surface area contributed by atoms with Crippen molar-refractivity contribution in [1.82, 2.24) is 10.2 Å². The molecule has 3 atom stereocenters. The third-order valence-corrected chi connectivity index (χ3v) is 7.00. The van der Waals surface area contributed by atoms with Gasteiger partial charge in [-0.15, -0.1) is 0 Å². The zero-order chi connectivity index (χ0) is 24.2. The highest BCUT2D eigenvalue weighted by Crippen LogP contribution is 2.38. The minimum absolute atomic E-state index is 0.0599. The van der Waals surface area contributed by atoms with Gasteiger partial charge in [0.05, 0.1) is 25.2 Å². The third-order valence-electron chi connectivity index (χ3n) is 7.00. The van der Waals surface area contributed by atoms with Crippen LogP contribution in [-0.2, 0) is 14.3 Å². The van der Waals surface area contributed by atoms with Crippen LogP contribution in [0.3, 0.4) is 0 Å². The Morgan fingerprint density at radius 2 is 1.69 bits per heavy atom. The van der Waals surface area contributed by atoms with Crippen molar-refractivity contribution in [3.05, 3.63) is 90.0 Å². The van der Waals surface area contributed by atoms with Crippen LogP contribution in [0, 0.1) is 5.92 Å². The average Bonchev–Trinajstić information content (AvgIpc) is 3.39. The lowest BCUT2D eigenvalue weighted by Crippen LogP contribution is -2.47. The molecule has 6 nitrogen and oxygen atoms in total. The summed E-state index contributed by atoms with van der Waals surface area (Å²) in [5.41, 5.74) is 5.25. The molecule has 35 heavy (non-hydrogen) atoms. The quantitative estimate of drug-likeness (QED) is 0.587. The number of morpholine rings is 1. The summed E-state index contributed by atoms with van der Waals surface area (Å²) in [4.78, 5) is 27.4. The van der Waals surface area contributed by atoms with Crippen molar-refractivity contribution >= 4 is 17.5 Å². The molecule has 0 radical (unpaired) electrons. The molecule has 5 rings (SSSR count). The molecule has 0 spiro atoms. The second-order valence-corrected chi connectivity index (χ2v) is 9.25. The van der Waals surface area contributed by atoms with Gasteiger partial charge in [-0.05, 0) is 34.4 Å². The van der Waals surface area contributed by atoms with Crippen LogP contribution < -0.4 is 10.6 Å². The Morgan fingerprint density at radius 3 is 2.46 bits per heavy atom. The van der Waals surface area contributed by atoms with Gasteiger partial charge in [-0.3, -0.25) is 9.59 Å². The van der Waals surface area contributed by atoms with Gasteiger partial charge in [0.25, 0.3) is 0 Å². The predicted octanol–water partition coefficient (Wildman–Crippen LogP) is 4.22. The second-order valence-electron chi connectivity index (χ2n) is 9.25. The monoisotopic (exact) mass is 469 g/mol. The third kappa shape index (κ3) is 4.99. The molecule has 2 saturated heterocycles. The number of carbonyl (C=O) groups excluding carboxylic acids is 2. The topological polar surface area (TPSA) is 70.7 Å². The van der Waals surface area contributed by atoms with Gasteiger partial charge in [-0.25, -0.2) is 0 Å². The summed E-state index contributed by atoms with van der Waals surface area (Å²) in [6.45, 7) is 4.63. The van der Waals surface area contributed by atoms with Crippen molar-refractivity contribution in [1.29, 1.82) is 0 Å². The Morgan fingerprint density at radius 1 is 0.943 bits per heavy atom. The molecule has 3 aromatic rings. The van der Waals surface area contributed by atoms with E-state index in [0.717, 1.165) is 28.9 Å². The molecule has 0 unspecified atom stereocenters. The summed E-state index contributed by atoms with van der Waals surface area (Å²) >= 11 is 0. The summed E-state index contributed by atoms with van der Waals surface area (Å²) in [6.07, 6.45) is 0. The van der Waals surface area contributed by atoms with Crippen LogP contribution in [-0.4, -0.2) is 49.6 Å². The smallest absolute Gasteiger partial charge is 0.228 e. The van der Waals surface area contributed by atoms with Crippen LogP contribution in [0.1, 0.15) is 30.0 Å². The standard InChI is InChI=1S/C29H31N3O3/c1-20(33)31-23-13-11-21(12-14-23)24-9-5-6-10-25(24)26-17-30-18-27(26)29(34)32-15-16-35-19-28(32)22-7-3-2-4-8-22/h2-14,26-28,30H,15-19H2,1H3,(H,31,33)/t26-,27+,28+/m0/s1. The van der Waals surface area contributed by atoms with Gasteiger partial charge in [0.15, 0.2) is 0 Å². The normalized spacial score (nSPS) is 22.1. The van der Waals surface area contributed by atoms with E-state index in [9.17, 15) is 9.59 Å². The summed E-state index contributed by atoms with van der Waals surface area (Å²) < 4.78 is 5.77. The molecule has 0 aliphatic carbocycles. The van der Waals surface area contributed by atoms with E-state index in [1.54, 1.807) is 0 Å². The van der Waals surface area contributed by atoms with E-state index in [0.29, 0.717) is 26.3 Å². The fourth-order valence-corrected chi connectivity index (χ4v) is 5.32. The first-order chi connectivity index (χ1) is 17.1. The van der Waals surface area contributed by atoms with Gasteiger partial charge in [0.2, 0.25) is 11.8 Å². The first-order valence-electron chi connectivity index (χ1n) is 12.2. The molecule has 3 aromatic carbocycles. The van der Waals surface area contributed by atoms with Crippen LogP contribution in [0.4, 0.5) is 5.69 Å². The Bertz CT molecular complexity index is 1180. The maximum atomic E-state index is 14.0. The van der Waals surface area contributed by atoms with E-state index in [1.807, 2.05) is 59.5 Å². The lowest BCUT2D eigenvalue weighted by atomic mass is 9.83. The number of nitrogens with one attached hydrogen (secondary N) is 2. The number of benzene rings is 3. The number of rotatable bonds is 5. The molecule has 180 valence electrons. The summed E-state index contributed by atoms with van der Waals surface area (Å²) in [6, 6.07) is 26.3. The average molecular weight is 470 g/mol. The molecule has 0 aromatic heterocycles. The SMILES string of the molecule is CC(=O)Nc1ccc(-c2ccccc2[C@@H]2CNC[C@H]2C(=O)N2CCOC[C@@H]2c2ccccc2)cc1. The Balaban J connectivity index is 1.42. The number of nitrogens with zero attached hydrogens (tertiary/aromatic N) is 1. The molecule has 2 aliphatic rings. The van der Waals surface area contributed by atoms with Gasteiger partial charge in [0, 0.05) is 38.2 Å². The minimum atomic E-state index is -0.140. The number of carbonyl (C=O) groups is 2. The molecule has 0 bridgehead atoms. The van der Waals surface area contributed by atoms with Gasteiger partial charge in [-0.2, -0.15) is 0 Å². The van der Waals surface area contributed by atoms with Crippen LogP contribution in [0.25, 0.3) is 11.1 Å². The summed E-state index contributed by atoms with van der Waals surface area (Å²) in [5, 5.41) is 6.30. The van der Waals surface area contributed by atoms with E-state index in [4.69, 9.17) is 4.74 Å². The Labute approximate surface area is 206 Å². The molecule has 0 saturated carbocycles. The van der Waals surface area contributed by atoms with Gasteiger partial charge in [0.1, 0.15) is 0 Å². The fourth-order valence-electron chi connectivity index (χ4n) is 5.32. The van der Waals surface area contributed by atoms with E-state index < -0.39 is 0 Å². The molecule has 2 heterocycles. The van der Waals surface area contributed by atoms with Crippen molar-refractivity contribution in [2.75, 3.05) is 38.2 Å². The van der Waals surface area contributed by atoms with E-state index >= 15 is 0 Å². The number of ether oxygens (including phenoxy) is 1. The fraction of sp³-hybridized carbons (Fsp3) is 0.310. The van der Waals surface area contributed by atoms with E-state index in [2.05, 4.69) is 34.9 Å². The number of hydrogen-bond acceptors (Lipinski definition) is 4. The maximum absolute atomic E-state index is 14.0. The highest BCUT2D eigenvalue weighted by molar-refractivity contribution is 5.89. The van der Waals surface area contributed by atoms with Crippen molar-refractivity contribution in [2.45, 2.75) is 18.9 Å². The molecule has 6 heteroatoms. The van der Waals surface area contributed by atoms with E-state index in [1.165, 1.54) is 12.5 Å². The first-order valence-corrected chi connectivity index (χ1v) is 12.2. The Kier molecular flexibility index (Phi) is 6.93. The van der Waals surface area contributed by atoms with Crippen LogP contribution in [0.15, 0.2) is 78.9 Å². The zero-order valence-corrected chi connectivity index (χ0v) is 19.9. The number of hydrogen-bond donors (Lipinski definition) is 2. The second kappa shape index (κ2) is 10.4. The molecule has 2 amide bonds. The minimum Gasteiger partial charge on any atom is -0.377 e. The largest absolute Gasteiger partial charge is 0.377 e. The number of amides is 2. The molecular formula is C29H31N3O3. The molecular weight excluding hydrogens is 438 g/mol. The van der Waals surface area contributed by atoms with Crippen molar-refractivity contribution in [3.63, 3.8) is 0 Å². The van der Waals surface area contributed by atoms with Gasteiger partial charge >= 0.3 is 0 Å². The van der Waals surface area contributed by atoms with Gasteiger partial charge < -0.3 is 20.3 Å². The lowest BCUT2D eigenvalue weighted by molar-refractivity contribution is -0.144. The lowest BCUT2D eigenvalue weighted by Gasteiger charge is -2.38. The highest BCUT2D eigenvalue weighted by atomic mass is 16.5. The van der Waals surface area contributed by atoms with Crippen molar-refractivity contribution in [2.24, 2.45) is 5.92 Å². The van der Waals surface area contributed by atoms with Crippen molar-refractivity contribution < 1.29 is 14.3 Å².